The third kappa shape index (κ3) is 37.9. The Labute approximate surface area is 306 Å². The van der Waals surface area contributed by atoms with Crippen molar-refractivity contribution in [2.24, 2.45) is 5.16 Å². The van der Waals surface area contributed by atoms with Crippen molar-refractivity contribution in [1.82, 2.24) is 4.90 Å². The van der Waals surface area contributed by atoms with Crippen LogP contribution in [-0.4, -0.2) is 61.1 Å². The topological polar surface area (TPSA) is 71.4 Å². The quantitative estimate of drug-likeness (QED) is 0.0298. The van der Waals surface area contributed by atoms with Gasteiger partial charge in [-0.05, 0) is 77.3 Å². The molecule has 0 rings (SSSR count). The molecular formula is C43H86N2O4. The lowest BCUT2D eigenvalue weighted by molar-refractivity contribution is -0.143. The Kier molecular flexibility index (Phi) is 40.3. The predicted molar refractivity (Wildman–Crippen MR) is 213 cm³/mol. The van der Waals surface area contributed by atoms with Crippen molar-refractivity contribution in [2.75, 3.05) is 32.8 Å². The van der Waals surface area contributed by atoms with E-state index in [1.165, 1.54) is 141 Å². The molecule has 0 spiro atoms. The molecule has 0 saturated heterocycles. The Morgan fingerprint density at radius 3 is 1.55 bits per heavy atom. The molecule has 292 valence electrons. The molecule has 0 atom stereocenters. The normalized spacial score (nSPS) is 11.8. The van der Waals surface area contributed by atoms with Crippen molar-refractivity contribution < 1.29 is 19.5 Å². The monoisotopic (exact) mass is 695 g/mol. The Balaban J connectivity index is 3.92. The maximum Gasteiger partial charge on any atom is 0.305 e. The van der Waals surface area contributed by atoms with Gasteiger partial charge in [0.25, 0.3) is 0 Å². The summed E-state index contributed by atoms with van der Waals surface area (Å²) in [6.07, 6.45) is 41.3. The summed E-state index contributed by atoms with van der Waals surface area (Å²) in [5.74, 6) is -0.0375. The van der Waals surface area contributed by atoms with Crippen molar-refractivity contribution in [3.05, 3.63) is 0 Å². The van der Waals surface area contributed by atoms with Crippen molar-refractivity contribution in [3.8, 4) is 0 Å². The van der Waals surface area contributed by atoms with E-state index >= 15 is 0 Å². The van der Waals surface area contributed by atoms with E-state index in [9.17, 15) is 9.90 Å². The Morgan fingerprint density at radius 1 is 0.571 bits per heavy atom. The average Bonchev–Trinajstić information content (AvgIpc) is 3.10. The molecular weight excluding hydrogens is 608 g/mol. The first kappa shape index (κ1) is 47.9. The predicted octanol–water partition coefficient (Wildman–Crippen LogP) is 12.7. The summed E-state index contributed by atoms with van der Waals surface area (Å²) < 4.78 is 5.44. The molecule has 0 bridgehead atoms. The van der Waals surface area contributed by atoms with Crippen LogP contribution in [0.15, 0.2) is 5.16 Å². The zero-order valence-corrected chi connectivity index (χ0v) is 33.4. The molecule has 0 aliphatic rings. The number of aliphatic hydroxyl groups is 1. The lowest BCUT2D eigenvalue weighted by Crippen LogP contribution is -2.29. The van der Waals surface area contributed by atoms with Gasteiger partial charge in [-0.1, -0.05) is 161 Å². The molecule has 0 aliphatic heterocycles. The third-order valence-electron chi connectivity index (χ3n) is 9.88. The summed E-state index contributed by atoms with van der Waals surface area (Å²) in [7, 11) is 0. The van der Waals surface area contributed by atoms with Gasteiger partial charge in [-0.3, -0.25) is 4.79 Å². The number of ether oxygens (including phenoxy) is 1. The van der Waals surface area contributed by atoms with E-state index in [0.29, 0.717) is 13.0 Å². The second kappa shape index (κ2) is 41.3. The molecule has 0 unspecified atom stereocenters. The molecule has 0 aliphatic carbocycles. The SMILES string of the molecule is CCCCCCCCCCCOC(=O)CCCCCN(CCO)CCCCCC/C=N/OC(CCCCCCCC)CCCCCCCC. The summed E-state index contributed by atoms with van der Waals surface area (Å²) in [5.41, 5.74) is 0. The van der Waals surface area contributed by atoms with Crippen LogP contribution >= 0.6 is 0 Å². The number of unbranched alkanes of at least 4 members (excludes halogenated alkanes) is 24. The van der Waals surface area contributed by atoms with Crippen molar-refractivity contribution in [1.29, 1.82) is 0 Å². The minimum atomic E-state index is -0.0375. The molecule has 0 fully saturated rings. The van der Waals surface area contributed by atoms with Crippen molar-refractivity contribution in [3.63, 3.8) is 0 Å². The summed E-state index contributed by atoms with van der Waals surface area (Å²) in [6.45, 7) is 10.4. The number of aliphatic hydroxyl groups excluding tert-OH is 1. The van der Waals surface area contributed by atoms with E-state index < -0.39 is 0 Å². The fourth-order valence-corrected chi connectivity index (χ4v) is 6.59. The molecule has 0 radical (unpaired) electrons. The zero-order valence-electron chi connectivity index (χ0n) is 33.4. The summed E-state index contributed by atoms with van der Waals surface area (Å²) in [6, 6.07) is 0. The van der Waals surface area contributed by atoms with E-state index in [-0.39, 0.29) is 18.7 Å². The van der Waals surface area contributed by atoms with Gasteiger partial charge in [0.1, 0.15) is 6.10 Å². The van der Waals surface area contributed by atoms with Gasteiger partial charge in [-0.15, -0.1) is 0 Å². The standard InChI is InChI=1S/C43H86N2O4/c1-4-7-10-13-16-17-18-24-32-41-48-43(47)35-28-25-31-38-45(39-40-46)37-30-23-19-22-29-36-44-49-42(33-26-20-14-11-8-5-2)34-27-21-15-12-9-6-3/h36,42,46H,4-35,37-41H2,1-3H3/b44-36+. The van der Waals surface area contributed by atoms with Crippen molar-refractivity contribution >= 4 is 12.2 Å². The highest BCUT2D eigenvalue weighted by Crippen LogP contribution is 2.17. The number of hydrogen-bond donors (Lipinski definition) is 1. The fraction of sp³-hybridized carbons (Fsp3) is 0.953. The first-order chi connectivity index (χ1) is 24.2. The lowest BCUT2D eigenvalue weighted by atomic mass is 10.0. The molecule has 0 heterocycles. The van der Waals surface area contributed by atoms with Crippen LogP contribution in [0.2, 0.25) is 0 Å². The van der Waals surface area contributed by atoms with Crippen LogP contribution in [0.4, 0.5) is 0 Å². The second-order valence-electron chi connectivity index (χ2n) is 14.8. The smallest absolute Gasteiger partial charge is 0.305 e. The van der Waals surface area contributed by atoms with E-state index in [0.717, 1.165) is 77.4 Å². The van der Waals surface area contributed by atoms with Gasteiger partial charge in [0.2, 0.25) is 0 Å². The average molecular weight is 695 g/mol. The minimum Gasteiger partial charge on any atom is -0.466 e. The molecule has 0 aromatic rings. The van der Waals surface area contributed by atoms with Gasteiger partial charge in [0.15, 0.2) is 0 Å². The highest BCUT2D eigenvalue weighted by atomic mass is 16.6. The molecule has 0 amide bonds. The number of nitrogens with zero attached hydrogens (tertiary/aromatic N) is 2. The van der Waals surface area contributed by atoms with Gasteiger partial charge in [-0.2, -0.15) is 0 Å². The first-order valence-corrected chi connectivity index (χ1v) is 21.8. The second-order valence-corrected chi connectivity index (χ2v) is 14.8. The van der Waals surface area contributed by atoms with Gasteiger partial charge in [0, 0.05) is 19.2 Å². The summed E-state index contributed by atoms with van der Waals surface area (Å²) >= 11 is 0. The Bertz CT molecular complexity index is 658. The van der Waals surface area contributed by atoms with Gasteiger partial charge in [-0.25, -0.2) is 0 Å². The maximum atomic E-state index is 12.1. The number of esters is 1. The largest absolute Gasteiger partial charge is 0.466 e. The van der Waals surface area contributed by atoms with Crippen LogP contribution in [0.25, 0.3) is 0 Å². The van der Waals surface area contributed by atoms with Crippen LogP contribution in [-0.2, 0) is 14.4 Å². The van der Waals surface area contributed by atoms with E-state index in [2.05, 4.69) is 30.8 Å². The van der Waals surface area contributed by atoms with Gasteiger partial charge < -0.3 is 19.6 Å². The van der Waals surface area contributed by atoms with Gasteiger partial charge in [0.05, 0.1) is 13.2 Å². The number of carbonyl (C=O) groups excluding carboxylic acids is 1. The summed E-state index contributed by atoms with van der Waals surface area (Å²) in [5, 5.41) is 13.9. The Morgan fingerprint density at radius 2 is 1.02 bits per heavy atom. The van der Waals surface area contributed by atoms with Crippen LogP contribution in [0.1, 0.15) is 226 Å². The molecule has 6 nitrogen and oxygen atoms in total. The zero-order chi connectivity index (χ0) is 35.7. The number of carbonyl (C=O) groups is 1. The van der Waals surface area contributed by atoms with E-state index in [4.69, 9.17) is 9.57 Å². The molecule has 0 aromatic heterocycles. The Hall–Kier alpha value is -1.14. The highest BCUT2D eigenvalue weighted by molar-refractivity contribution is 5.69. The lowest BCUT2D eigenvalue weighted by Gasteiger charge is -2.21. The van der Waals surface area contributed by atoms with E-state index in [1.54, 1.807) is 0 Å². The van der Waals surface area contributed by atoms with Crippen LogP contribution < -0.4 is 0 Å². The molecule has 0 aromatic carbocycles. The third-order valence-corrected chi connectivity index (χ3v) is 9.88. The number of oxime groups is 1. The number of rotatable bonds is 41. The van der Waals surface area contributed by atoms with Crippen LogP contribution in [0.5, 0.6) is 0 Å². The van der Waals surface area contributed by atoms with E-state index in [1.807, 2.05) is 6.21 Å². The van der Waals surface area contributed by atoms with Crippen LogP contribution in [0, 0.1) is 0 Å². The van der Waals surface area contributed by atoms with Crippen molar-refractivity contribution in [2.45, 2.75) is 232 Å². The molecule has 49 heavy (non-hydrogen) atoms. The summed E-state index contributed by atoms with van der Waals surface area (Å²) in [4.78, 5) is 20.5. The first-order valence-electron chi connectivity index (χ1n) is 21.8. The minimum absolute atomic E-state index is 0.0375. The fourth-order valence-electron chi connectivity index (χ4n) is 6.59. The van der Waals surface area contributed by atoms with Crippen LogP contribution in [0.3, 0.4) is 0 Å². The maximum absolute atomic E-state index is 12.1. The molecule has 1 N–H and O–H groups in total. The molecule has 0 saturated carbocycles. The molecule has 6 heteroatoms. The van der Waals surface area contributed by atoms with Gasteiger partial charge >= 0.3 is 5.97 Å². The number of hydrogen-bond acceptors (Lipinski definition) is 6. The highest BCUT2D eigenvalue weighted by Gasteiger charge is 2.10.